The van der Waals surface area contributed by atoms with Gasteiger partial charge in [0.05, 0.1) is 5.02 Å². The van der Waals surface area contributed by atoms with E-state index in [2.05, 4.69) is 0 Å². The molecule has 2 unspecified atom stereocenters. The second-order valence-electron chi connectivity index (χ2n) is 4.95. The van der Waals surface area contributed by atoms with Crippen molar-refractivity contribution in [3.05, 3.63) is 29.3 Å². The SMILES string of the molecule is CC1CC(CN)CN1C(=O)COc1ccccc1Cl. The molecule has 1 saturated heterocycles. The first-order valence-electron chi connectivity index (χ1n) is 6.48. The number of nitrogens with two attached hydrogens (primary N) is 1. The van der Waals surface area contributed by atoms with Crippen molar-refractivity contribution >= 4 is 17.5 Å². The summed E-state index contributed by atoms with van der Waals surface area (Å²) < 4.78 is 5.47. The summed E-state index contributed by atoms with van der Waals surface area (Å²) in [5.41, 5.74) is 5.66. The number of nitrogens with zero attached hydrogens (tertiary/aromatic N) is 1. The molecular weight excluding hydrogens is 264 g/mol. The number of benzene rings is 1. The Morgan fingerprint density at radius 2 is 2.26 bits per heavy atom. The Morgan fingerprint density at radius 3 is 2.89 bits per heavy atom. The maximum atomic E-state index is 12.1. The van der Waals surface area contributed by atoms with E-state index in [1.807, 2.05) is 24.0 Å². The molecule has 0 aliphatic carbocycles. The number of likely N-dealkylation sites (tertiary alicyclic amines) is 1. The summed E-state index contributed by atoms with van der Waals surface area (Å²) in [5, 5.41) is 0.518. The van der Waals surface area contributed by atoms with Gasteiger partial charge in [0.1, 0.15) is 5.75 Å². The lowest BCUT2D eigenvalue weighted by atomic mass is 10.1. The molecule has 0 bridgehead atoms. The maximum Gasteiger partial charge on any atom is 0.260 e. The van der Waals surface area contributed by atoms with E-state index in [0.29, 0.717) is 23.2 Å². The highest BCUT2D eigenvalue weighted by molar-refractivity contribution is 6.32. The molecule has 2 N–H and O–H groups in total. The van der Waals surface area contributed by atoms with E-state index in [1.165, 1.54) is 0 Å². The molecule has 1 aromatic rings. The molecule has 4 nitrogen and oxygen atoms in total. The number of para-hydroxylation sites is 1. The zero-order valence-electron chi connectivity index (χ0n) is 11.0. The van der Waals surface area contributed by atoms with Crippen LogP contribution in [0.5, 0.6) is 5.75 Å². The van der Waals surface area contributed by atoms with Crippen molar-refractivity contribution in [1.82, 2.24) is 4.90 Å². The van der Waals surface area contributed by atoms with Crippen LogP contribution in [0.2, 0.25) is 5.02 Å². The third-order valence-electron chi connectivity index (χ3n) is 3.50. The van der Waals surface area contributed by atoms with Gasteiger partial charge in [-0.1, -0.05) is 23.7 Å². The van der Waals surface area contributed by atoms with Crippen LogP contribution >= 0.6 is 11.6 Å². The van der Waals surface area contributed by atoms with Crippen molar-refractivity contribution in [2.75, 3.05) is 19.7 Å². The summed E-state index contributed by atoms with van der Waals surface area (Å²) in [6, 6.07) is 7.38. The minimum atomic E-state index is -0.0108. The largest absolute Gasteiger partial charge is 0.482 e. The van der Waals surface area contributed by atoms with Crippen LogP contribution in [0.4, 0.5) is 0 Å². The molecule has 1 aromatic carbocycles. The van der Waals surface area contributed by atoms with E-state index < -0.39 is 0 Å². The topological polar surface area (TPSA) is 55.6 Å². The van der Waals surface area contributed by atoms with Gasteiger partial charge in [-0.15, -0.1) is 0 Å². The molecule has 2 rings (SSSR count). The van der Waals surface area contributed by atoms with E-state index in [0.717, 1.165) is 13.0 Å². The molecule has 1 aliphatic heterocycles. The molecule has 0 aromatic heterocycles. The Balaban J connectivity index is 1.90. The van der Waals surface area contributed by atoms with E-state index in [4.69, 9.17) is 22.1 Å². The van der Waals surface area contributed by atoms with Crippen molar-refractivity contribution < 1.29 is 9.53 Å². The Labute approximate surface area is 118 Å². The number of hydrogen-bond acceptors (Lipinski definition) is 3. The summed E-state index contributed by atoms with van der Waals surface area (Å²) in [4.78, 5) is 14.0. The molecule has 5 heteroatoms. The Morgan fingerprint density at radius 1 is 1.53 bits per heavy atom. The second kappa shape index (κ2) is 6.26. The summed E-state index contributed by atoms with van der Waals surface area (Å²) in [7, 11) is 0. The highest BCUT2D eigenvalue weighted by Crippen LogP contribution is 2.25. The fraction of sp³-hybridized carbons (Fsp3) is 0.500. The normalized spacial score (nSPS) is 22.6. The van der Waals surface area contributed by atoms with Crippen molar-refractivity contribution in [1.29, 1.82) is 0 Å². The van der Waals surface area contributed by atoms with Crippen LogP contribution in [-0.2, 0) is 4.79 Å². The smallest absolute Gasteiger partial charge is 0.260 e. The maximum absolute atomic E-state index is 12.1. The Hall–Kier alpha value is -1.26. The second-order valence-corrected chi connectivity index (χ2v) is 5.36. The van der Waals surface area contributed by atoms with Crippen LogP contribution in [0, 0.1) is 5.92 Å². The summed E-state index contributed by atoms with van der Waals surface area (Å²) in [5.74, 6) is 0.933. The van der Waals surface area contributed by atoms with Crippen LogP contribution in [0.25, 0.3) is 0 Å². The van der Waals surface area contributed by atoms with Crippen LogP contribution in [0.15, 0.2) is 24.3 Å². The molecule has 19 heavy (non-hydrogen) atoms. The number of halogens is 1. The average molecular weight is 283 g/mol. The third-order valence-corrected chi connectivity index (χ3v) is 3.82. The molecule has 1 aliphatic rings. The minimum Gasteiger partial charge on any atom is -0.482 e. The summed E-state index contributed by atoms with van der Waals surface area (Å²) in [6.45, 7) is 3.41. The average Bonchev–Trinajstić information content (AvgIpc) is 2.79. The Kier molecular flexibility index (Phi) is 4.66. The zero-order valence-corrected chi connectivity index (χ0v) is 11.8. The molecule has 0 spiro atoms. The number of carbonyl (C=O) groups is 1. The number of amides is 1. The lowest BCUT2D eigenvalue weighted by molar-refractivity contribution is -0.134. The highest BCUT2D eigenvalue weighted by atomic mass is 35.5. The van der Waals surface area contributed by atoms with Gasteiger partial charge < -0.3 is 15.4 Å². The first-order chi connectivity index (χ1) is 9.11. The predicted molar refractivity (Wildman–Crippen MR) is 75.3 cm³/mol. The predicted octanol–water partition coefficient (Wildman–Crippen LogP) is 1.91. The van der Waals surface area contributed by atoms with Gasteiger partial charge in [-0.2, -0.15) is 0 Å². The molecule has 2 atom stereocenters. The van der Waals surface area contributed by atoms with Gasteiger partial charge in [0.15, 0.2) is 6.61 Å². The number of ether oxygens (including phenoxy) is 1. The number of rotatable bonds is 4. The van der Waals surface area contributed by atoms with Crippen molar-refractivity contribution in [3.63, 3.8) is 0 Å². The van der Waals surface area contributed by atoms with Gasteiger partial charge in [-0.25, -0.2) is 0 Å². The zero-order chi connectivity index (χ0) is 13.8. The lowest BCUT2D eigenvalue weighted by Crippen LogP contribution is -2.37. The quantitative estimate of drug-likeness (QED) is 0.918. The van der Waals surface area contributed by atoms with Crippen LogP contribution in [0.1, 0.15) is 13.3 Å². The van der Waals surface area contributed by atoms with Crippen LogP contribution in [0.3, 0.4) is 0 Å². The molecule has 1 fully saturated rings. The van der Waals surface area contributed by atoms with Gasteiger partial charge in [-0.05, 0) is 37.9 Å². The number of carbonyl (C=O) groups excluding carboxylic acids is 1. The molecule has 1 amide bonds. The third kappa shape index (κ3) is 3.39. The molecule has 104 valence electrons. The number of hydrogen-bond donors (Lipinski definition) is 1. The monoisotopic (exact) mass is 282 g/mol. The van der Waals surface area contributed by atoms with Crippen LogP contribution in [-0.4, -0.2) is 36.5 Å². The fourth-order valence-corrected chi connectivity index (χ4v) is 2.64. The van der Waals surface area contributed by atoms with E-state index in [-0.39, 0.29) is 18.6 Å². The lowest BCUT2D eigenvalue weighted by Gasteiger charge is -2.21. The first kappa shape index (κ1) is 14.2. The van der Waals surface area contributed by atoms with Gasteiger partial charge in [-0.3, -0.25) is 4.79 Å². The molecule has 0 radical (unpaired) electrons. The minimum absolute atomic E-state index is 0.0108. The van der Waals surface area contributed by atoms with Crippen molar-refractivity contribution in [3.8, 4) is 5.75 Å². The van der Waals surface area contributed by atoms with E-state index in [9.17, 15) is 4.79 Å². The van der Waals surface area contributed by atoms with Gasteiger partial charge >= 0.3 is 0 Å². The Bertz CT molecular complexity index is 453. The van der Waals surface area contributed by atoms with Crippen molar-refractivity contribution in [2.24, 2.45) is 11.7 Å². The van der Waals surface area contributed by atoms with Gasteiger partial charge in [0.25, 0.3) is 5.91 Å². The molecular formula is C14H19ClN2O2. The summed E-state index contributed by atoms with van der Waals surface area (Å²) in [6.07, 6.45) is 0.967. The van der Waals surface area contributed by atoms with Gasteiger partial charge in [0.2, 0.25) is 0 Å². The van der Waals surface area contributed by atoms with E-state index in [1.54, 1.807) is 12.1 Å². The summed E-state index contributed by atoms with van der Waals surface area (Å²) >= 11 is 5.98. The van der Waals surface area contributed by atoms with Crippen LogP contribution < -0.4 is 10.5 Å². The van der Waals surface area contributed by atoms with Gasteiger partial charge in [0, 0.05) is 12.6 Å². The molecule has 1 heterocycles. The molecule has 0 saturated carbocycles. The van der Waals surface area contributed by atoms with Crippen molar-refractivity contribution in [2.45, 2.75) is 19.4 Å². The first-order valence-corrected chi connectivity index (χ1v) is 6.86. The fourth-order valence-electron chi connectivity index (χ4n) is 2.44. The standard InChI is InChI=1S/C14H19ClN2O2/c1-10-6-11(7-16)8-17(10)14(18)9-19-13-5-3-2-4-12(13)15/h2-5,10-11H,6-9,16H2,1H3. The highest BCUT2D eigenvalue weighted by Gasteiger charge is 2.31. The van der Waals surface area contributed by atoms with E-state index >= 15 is 0 Å².